The van der Waals surface area contributed by atoms with Gasteiger partial charge in [0.05, 0.1) is 0 Å². The van der Waals surface area contributed by atoms with Crippen LogP contribution >= 0.6 is 0 Å². The second kappa shape index (κ2) is 9.21. The molecule has 0 bridgehead atoms. The summed E-state index contributed by atoms with van der Waals surface area (Å²) in [6.07, 6.45) is 9.01. The molecular formula is C15H25N. The van der Waals surface area contributed by atoms with Crippen LogP contribution in [0.15, 0.2) is 42.2 Å². The molecule has 0 aromatic heterocycles. The largest absolute Gasteiger partial charge is 0.314 e. The third kappa shape index (κ3) is 9.51. The van der Waals surface area contributed by atoms with Crippen molar-refractivity contribution in [3.05, 3.63) is 42.2 Å². The van der Waals surface area contributed by atoms with Crippen LogP contribution < -0.4 is 5.32 Å². The van der Waals surface area contributed by atoms with Crippen LogP contribution in [0.25, 0.3) is 0 Å². The van der Waals surface area contributed by atoms with E-state index in [-0.39, 0.29) is 0 Å². The zero-order chi connectivity index (χ0) is 12.4. The normalized spacial score (nSPS) is 11.5. The molecule has 0 heterocycles. The highest BCUT2D eigenvalue weighted by atomic mass is 14.9. The van der Waals surface area contributed by atoms with Crippen molar-refractivity contribution in [2.45, 2.75) is 40.2 Å². The Labute approximate surface area is 101 Å². The molecule has 0 aromatic carbocycles. The number of hydrogen-bond acceptors (Lipinski definition) is 1. The zero-order valence-corrected chi connectivity index (χ0v) is 11.1. The van der Waals surface area contributed by atoms with Crippen LogP contribution in [0.2, 0.25) is 0 Å². The molecule has 0 amide bonds. The highest BCUT2D eigenvalue weighted by Gasteiger charge is 1.94. The average molecular weight is 219 g/mol. The van der Waals surface area contributed by atoms with Crippen LogP contribution in [0.3, 0.4) is 0 Å². The van der Waals surface area contributed by atoms with E-state index in [1.165, 1.54) is 5.57 Å². The molecule has 1 N–H and O–H groups in total. The predicted molar refractivity (Wildman–Crippen MR) is 73.5 cm³/mol. The number of hydrogen-bond donors (Lipinski definition) is 1. The molecule has 0 aliphatic carbocycles. The Morgan fingerprint density at radius 2 is 2.00 bits per heavy atom. The minimum absolute atomic E-state index is 0.542. The third-order valence-electron chi connectivity index (χ3n) is 2.00. The van der Waals surface area contributed by atoms with Crippen molar-refractivity contribution in [2.24, 2.45) is 5.92 Å². The van der Waals surface area contributed by atoms with Gasteiger partial charge in [0.15, 0.2) is 0 Å². The summed E-state index contributed by atoms with van der Waals surface area (Å²) in [6, 6.07) is 0.542. The molecule has 0 fully saturated rings. The molecule has 16 heavy (non-hydrogen) atoms. The van der Waals surface area contributed by atoms with Gasteiger partial charge >= 0.3 is 0 Å². The molecule has 1 heteroatoms. The van der Waals surface area contributed by atoms with E-state index >= 15 is 0 Å². The maximum atomic E-state index is 3.73. The fourth-order valence-corrected chi connectivity index (χ4v) is 1.21. The molecule has 90 valence electrons. The Kier molecular flexibility index (Phi) is 8.61. The first-order valence-corrected chi connectivity index (χ1v) is 6.03. The van der Waals surface area contributed by atoms with Crippen LogP contribution in [0.4, 0.5) is 0 Å². The minimum atomic E-state index is 0.542. The van der Waals surface area contributed by atoms with Crippen LogP contribution in [0.1, 0.15) is 34.1 Å². The first-order valence-electron chi connectivity index (χ1n) is 6.03. The molecule has 0 aliphatic heterocycles. The standard InChI is InChI=1S/C15H25N/c1-6-8-15(10-7-9-13(2)3)11-12-16-14(4)5/h6,8-10,13-14,16H,1,11-12H2,2-5H3/b15-8+. The van der Waals surface area contributed by atoms with Gasteiger partial charge in [0.25, 0.3) is 0 Å². The van der Waals surface area contributed by atoms with Crippen LogP contribution in [0, 0.1) is 5.92 Å². The van der Waals surface area contributed by atoms with Crippen molar-refractivity contribution in [3.8, 4) is 0 Å². The summed E-state index contributed by atoms with van der Waals surface area (Å²) in [5.41, 5.74) is 4.48. The quantitative estimate of drug-likeness (QED) is 0.506. The molecule has 0 aliphatic rings. The molecule has 0 rings (SSSR count). The highest BCUT2D eigenvalue weighted by Crippen LogP contribution is 2.03. The van der Waals surface area contributed by atoms with Gasteiger partial charge in [-0.15, -0.1) is 5.73 Å². The van der Waals surface area contributed by atoms with E-state index in [1.54, 1.807) is 0 Å². The lowest BCUT2D eigenvalue weighted by Gasteiger charge is -2.07. The van der Waals surface area contributed by atoms with Crippen molar-refractivity contribution in [1.29, 1.82) is 0 Å². The van der Waals surface area contributed by atoms with Gasteiger partial charge in [0, 0.05) is 6.04 Å². The first kappa shape index (κ1) is 15.0. The van der Waals surface area contributed by atoms with Gasteiger partial charge in [-0.1, -0.05) is 46.4 Å². The van der Waals surface area contributed by atoms with Crippen molar-refractivity contribution in [2.75, 3.05) is 6.54 Å². The molecule has 0 saturated heterocycles. The van der Waals surface area contributed by atoms with Gasteiger partial charge in [0.2, 0.25) is 0 Å². The first-order chi connectivity index (χ1) is 7.56. The monoisotopic (exact) mass is 219 g/mol. The smallest absolute Gasteiger partial charge is 0.00105 e. The van der Waals surface area contributed by atoms with Crippen LogP contribution in [-0.4, -0.2) is 12.6 Å². The van der Waals surface area contributed by atoms with Gasteiger partial charge in [-0.3, -0.25) is 0 Å². The van der Waals surface area contributed by atoms with Crippen molar-refractivity contribution in [3.63, 3.8) is 0 Å². The topological polar surface area (TPSA) is 12.0 Å². The fourth-order valence-electron chi connectivity index (χ4n) is 1.21. The van der Waals surface area contributed by atoms with E-state index in [9.17, 15) is 0 Å². The maximum Gasteiger partial charge on any atom is 0.00105 e. The Balaban J connectivity index is 4.24. The summed E-state index contributed by atoms with van der Waals surface area (Å²) in [5.74, 6) is 0.551. The summed E-state index contributed by atoms with van der Waals surface area (Å²) in [4.78, 5) is 0. The van der Waals surface area contributed by atoms with Crippen molar-refractivity contribution >= 4 is 0 Å². The molecular weight excluding hydrogens is 194 g/mol. The Morgan fingerprint density at radius 3 is 2.50 bits per heavy atom. The van der Waals surface area contributed by atoms with E-state index in [1.807, 2.05) is 18.2 Å². The van der Waals surface area contributed by atoms with Crippen molar-refractivity contribution < 1.29 is 0 Å². The lowest BCUT2D eigenvalue weighted by Crippen LogP contribution is -2.23. The Hall–Kier alpha value is -1.04. The molecule has 1 nitrogen and oxygen atoms in total. The third-order valence-corrected chi connectivity index (χ3v) is 2.00. The lowest BCUT2D eigenvalue weighted by atomic mass is 10.1. The summed E-state index contributed by atoms with van der Waals surface area (Å²) in [7, 11) is 0. The summed E-state index contributed by atoms with van der Waals surface area (Å²) in [5, 5.41) is 3.40. The van der Waals surface area contributed by atoms with E-state index < -0.39 is 0 Å². The lowest BCUT2D eigenvalue weighted by molar-refractivity contribution is 0.591. The maximum absolute atomic E-state index is 3.73. The average Bonchev–Trinajstić information content (AvgIpc) is 2.16. The minimum Gasteiger partial charge on any atom is -0.314 e. The molecule has 0 atom stereocenters. The molecule has 0 aromatic rings. The Bertz CT molecular complexity index is 276. The molecule has 0 saturated carbocycles. The second-order valence-electron chi connectivity index (χ2n) is 4.56. The van der Waals surface area contributed by atoms with Crippen molar-refractivity contribution in [1.82, 2.24) is 5.32 Å². The summed E-state index contributed by atoms with van der Waals surface area (Å²) < 4.78 is 0. The van der Waals surface area contributed by atoms with Crippen LogP contribution in [-0.2, 0) is 0 Å². The molecule has 0 unspecified atom stereocenters. The second-order valence-corrected chi connectivity index (χ2v) is 4.56. The summed E-state index contributed by atoms with van der Waals surface area (Å²) >= 11 is 0. The predicted octanol–water partition coefficient (Wildman–Crippen LogP) is 3.85. The number of nitrogens with one attached hydrogen (secondary N) is 1. The van der Waals surface area contributed by atoms with Gasteiger partial charge in [-0.05, 0) is 36.6 Å². The Morgan fingerprint density at radius 1 is 1.31 bits per heavy atom. The van der Waals surface area contributed by atoms with Crippen LogP contribution in [0.5, 0.6) is 0 Å². The SMILES string of the molecule is C=C/C=C(\C=C=CC(C)C)CCNC(C)C. The zero-order valence-electron chi connectivity index (χ0n) is 11.1. The fraction of sp³-hybridized carbons (Fsp3) is 0.533. The van der Waals surface area contributed by atoms with Gasteiger partial charge in [0.1, 0.15) is 0 Å². The summed E-state index contributed by atoms with van der Waals surface area (Å²) in [6.45, 7) is 13.3. The molecule has 0 spiro atoms. The number of allylic oxidation sites excluding steroid dienone is 3. The van der Waals surface area contributed by atoms with E-state index in [4.69, 9.17) is 0 Å². The van der Waals surface area contributed by atoms with E-state index in [0.29, 0.717) is 12.0 Å². The van der Waals surface area contributed by atoms with Gasteiger partial charge < -0.3 is 5.32 Å². The van der Waals surface area contributed by atoms with Gasteiger partial charge in [-0.25, -0.2) is 0 Å². The van der Waals surface area contributed by atoms with E-state index in [2.05, 4.69) is 51.4 Å². The molecule has 0 radical (unpaired) electrons. The van der Waals surface area contributed by atoms with E-state index in [0.717, 1.165) is 13.0 Å². The highest BCUT2D eigenvalue weighted by molar-refractivity contribution is 5.22. The van der Waals surface area contributed by atoms with Gasteiger partial charge in [-0.2, -0.15) is 0 Å². The number of rotatable bonds is 7.